The van der Waals surface area contributed by atoms with Crippen LogP contribution in [0, 0.1) is 0 Å². The maximum Gasteiger partial charge on any atom is 0.165 e. The normalized spacial score (nSPS) is 12.2. The van der Waals surface area contributed by atoms with Gasteiger partial charge in [0.2, 0.25) is 0 Å². The van der Waals surface area contributed by atoms with Crippen LogP contribution in [0.1, 0.15) is 0 Å². The first kappa shape index (κ1) is 26.0. The van der Waals surface area contributed by atoms with Crippen molar-refractivity contribution in [3.05, 3.63) is 152 Å². The van der Waals surface area contributed by atoms with Crippen molar-refractivity contribution >= 4 is 96.7 Å². The fraction of sp³-hybridized carbons (Fsp3) is 0. The van der Waals surface area contributed by atoms with E-state index in [1.165, 1.54) is 58.0 Å². The van der Waals surface area contributed by atoms with Crippen molar-refractivity contribution in [1.82, 2.24) is 14.5 Å². The second kappa shape index (κ2) is 9.71. The van der Waals surface area contributed by atoms with E-state index in [0.29, 0.717) is 0 Å². The molecule has 4 heteroatoms. The van der Waals surface area contributed by atoms with Crippen LogP contribution in [-0.2, 0) is 0 Å². The van der Waals surface area contributed by atoms with E-state index in [4.69, 9.17) is 9.97 Å². The molecule has 11 aromatic rings. The summed E-state index contributed by atoms with van der Waals surface area (Å²) in [4.78, 5) is 11.1. The predicted octanol–water partition coefficient (Wildman–Crippen LogP) is 12.2. The third kappa shape index (κ3) is 3.52. The Morgan fingerprint density at radius 2 is 1.15 bits per heavy atom. The molecule has 0 saturated heterocycles. The van der Waals surface area contributed by atoms with Crippen LogP contribution in [0.25, 0.3) is 102 Å². The molecule has 0 spiro atoms. The number of hydrogen-bond acceptors (Lipinski definition) is 3. The summed E-state index contributed by atoms with van der Waals surface area (Å²) in [5, 5.41) is 12.2. The zero-order valence-electron chi connectivity index (χ0n) is 25.7. The molecule has 0 aliphatic rings. The highest BCUT2D eigenvalue weighted by Crippen LogP contribution is 2.48. The van der Waals surface area contributed by atoms with E-state index in [9.17, 15) is 0 Å². The van der Waals surface area contributed by atoms with Crippen molar-refractivity contribution in [3.8, 4) is 17.1 Å². The Morgan fingerprint density at radius 3 is 2.02 bits per heavy atom. The molecule has 0 radical (unpaired) electrons. The van der Waals surface area contributed by atoms with Gasteiger partial charge in [0.25, 0.3) is 0 Å². The second-order valence-electron chi connectivity index (χ2n) is 12.5. The van der Waals surface area contributed by atoms with Crippen molar-refractivity contribution in [2.24, 2.45) is 0 Å². The maximum absolute atomic E-state index is 5.64. The fourth-order valence-corrected chi connectivity index (χ4v) is 9.09. The number of aromatic nitrogens is 3. The second-order valence-corrected chi connectivity index (χ2v) is 13.6. The molecule has 48 heavy (non-hydrogen) atoms. The van der Waals surface area contributed by atoms with Crippen LogP contribution in [0.5, 0.6) is 0 Å². The lowest BCUT2D eigenvalue weighted by Crippen LogP contribution is -2.04. The van der Waals surface area contributed by atoms with Crippen LogP contribution in [0.3, 0.4) is 0 Å². The Hall–Kier alpha value is -6.10. The van der Waals surface area contributed by atoms with Gasteiger partial charge in [-0.1, -0.05) is 127 Å². The first-order valence-electron chi connectivity index (χ1n) is 16.3. The Balaban J connectivity index is 1.38. The summed E-state index contributed by atoms with van der Waals surface area (Å²) in [6, 6.07) is 54.4. The predicted molar refractivity (Wildman–Crippen MR) is 205 cm³/mol. The minimum atomic E-state index is 0.839. The van der Waals surface area contributed by atoms with Gasteiger partial charge in [0.15, 0.2) is 5.82 Å². The maximum atomic E-state index is 5.64. The lowest BCUT2D eigenvalue weighted by Gasteiger charge is -2.16. The SMILES string of the molecule is c1ccc2cc(-c3nc4ccc5ccccc5c4nc3-n3c4ccccc4c4c5sc6ccccc6c5c5ccccc5c43)ccc2c1. The number of fused-ring (bicyclic) bond motifs is 14. The van der Waals surface area contributed by atoms with Crippen molar-refractivity contribution in [2.75, 3.05) is 0 Å². The summed E-state index contributed by atoms with van der Waals surface area (Å²) in [6.45, 7) is 0. The molecular formula is C44H25N3S. The monoisotopic (exact) mass is 627 g/mol. The Labute approximate surface area is 278 Å². The molecule has 0 amide bonds. The quantitative estimate of drug-likeness (QED) is 0.179. The number of thiophene rings is 1. The number of para-hydroxylation sites is 1. The molecule has 8 aromatic carbocycles. The highest BCUT2D eigenvalue weighted by molar-refractivity contribution is 7.27. The molecule has 0 bridgehead atoms. The summed E-state index contributed by atoms with van der Waals surface area (Å²) >= 11 is 1.89. The van der Waals surface area contributed by atoms with Crippen LogP contribution >= 0.6 is 11.3 Å². The van der Waals surface area contributed by atoms with Gasteiger partial charge in [-0.15, -0.1) is 11.3 Å². The van der Waals surface area contributed by atoms with Gasteiger partial charge in [0.1, 0.15) is 5.69 Å². The van der Waals surface area contributed by atoms with E-state index in [1.807, 2.05) is 11.3 Å². The van der Waals surface area contributed by atoms with Crippen LogP contribution in [-0.4, -0.2) is 14.5 Å². The van der Waals surface area contributed by atoms with Gasteiger partial charge in [-0.3, -0.25) is 4.57 Å². The molecule has 0 saturated carbocycles. The number of nitrogens with zero attached hydrogens (tertiary/aromatic N) is 3. The van der Waals surface area contributed by atoms with Gasteiger partial charge in [-0.2, -0.15) is 0 Å². The molecule has 3 nitrogen and oxygen atoms in total. The molecule has 0 fully saturated rings. The molecule has 11 rings (SSSR count). The molecule has 0 N–H and O–H groups in total. The lowest BCUT2D eigenvalue weighted by atomic mass is 9.99. The highest BCUT2D eigenvalue weighted by Gasteiger charge is 2.24. The van der Waals surface area contributed by atoms with Crippen LogP contribution in [0.4, 0.5) is 0 Å². The minimum Gasteiger partial charge on any atom is -0.291 e. The van der Waals surface area contributed by atoms with Crippen molar-refractivity contribution in [2.45, 2.75) is 0 Å². The Bertz CT molecular complexity index is 3130. The number of benzene rings is 8. The van der Waals surface area contributed by atoms with Crippen molar-refractivity contribution in [3.63, 3.8) is 0 Å². The third-order valence-electron chi connectivity index (χ3n) is 9.92. The topological polar surface area (TPSA) is 30.7 Å². The molecule has 0 aliphatic carbocycles. The molecule has 0 atom stereocenters. The van der Waals surface area contributed by atoms with Crippen LogP contribution < -0.4 is 0 Å². The van der Waals surface area contributed by atoms with Crippen LogP contribution in [0.2, 0.25) is 0 Å². The van der Waals surface area contributed by atoms with Crippen LogP contribution in [0.15, 0.2) is 152 Å². The summed E-state index contributed by atoms with van der Waals surface area (Å²) in [6.07, 6.45) is 0. The summed E-state index contributed by atoms with van der Waals surface area (Å²) < 4.78 is 5.01. The first-order chi connectivity index (χ1) is 23.8. The van der Waals surface area contributed by atoms with Gasteiger partial charge in [0.05, 0.1) is 22.1 Å². The lowest BCUT2D eigenvalue weighted by molar-refractivity contribution is 1.09. The third-order valence-corrected chi connectivity index (χ3v) is 11.1. The molecule has 3 aromatic heterocycles. The molecular weight excluding hydrogens is 603 g/mol. The van der Waals surface area contributed by atoms with Gasteiger partial charge in [-0.25, -0.2) is 9.97 Å². The van der Waals surface area contributed by atoms with E-state index in [1.54, 1.807) is 0 Å². The zero-order valence-corrected chi connectivity index (χ0v) is 26.5. The highest BCUT2D eigenvalue weighted by atomic mass is 32.1. The number of hydrogen-bond donors (Lipinski definition) is 0. The molecule has 0 aliphatic heterocycles. The summed E-state index contributed by atoms with van der Waals surface area (Å²) in [5.41, 5.74) is 6.00. The average molecular weight is 628 g/mol. The smallest absolute Gasteiger partial charge is 0.165 e. The Morgan fingerprint density at radius 1 is 0.479 bits per heavy atom. The summed E-state index contributed by atoms with van der Waals surface area (Å²) in [5.74, 6) is 0.839. The van der Waals surface area contributed by atoms with Gasteiger partial charge in [0, 0.05) is 47.3 Å². The van der Waals surface area contributed by atoms with Gasteiger partial charge in [-0.05, 0) is 45.8 Å². The summed E-state index contributed by atoms with van der Waals surface area (Å²) in [7, 11) is 0. The van der Waals surface area contributed by atoms with Gasteiger partial charge >= 0.3 is 0 Å². The zero-order chi connectivity index (χ0) is 31.3. The molecule has 222 valence electrons. The van der Waals surface area contributed by atoms with Gasteiger partial charge < -0.3 is 0 Å². The van der Waals surface area contributed by atoms with E-state index < -0.39 is 0 Å². The Kier molecular flexibility index (Phi) is 5.26. The van der Waals surface area contributed by atoms with E-state index >= 15 is 0 Å². The fourth-order valence-electron chi connectivity index (χ4n) is 7.81. The number of rotatable bonds is 2. The van der Waals surface area contributed by atoms with Crippen molar-refractivity contribution < 1.29 is 0 Å². The molecule has 0 unspecified atom stereocenters. The van der Waals surface area contributed by atoms with E-state index in [0.717, 1.165) is 44.4 Å². The van der Waals surface area contributed by atoms with Crippen molar-refractivity contribution in [1.29, 1.82) is 0 Å². The average Bonchev–Trinajstić information content (AvgIpc) is 3.71. The first-order valence-corrected chi connectivity index (χ1v) is 17.1. The minimum absolute atomic E-state index is 0.839. The van der Waals surface area contributed by atoms with E-state index in [2.05, 4.69) is 156 Å². The molecule has 3 heterocycles. The standard InChI is InChI=1S/C44H25N3S/c1-2-13-28-25-29(22-21-26(28)11-1)40-44(46-41-30-14-4-3-12-27(30)23-24-35(41)45-40)47-36-19-9-7-17-33(36)39-42(47)32-16-6-5-15-31(32)38-34-18-8-10-20-37(34)48-43(38)39/h1-25H. The van der Waals surface area contributed by atoms with E-state index in [-0.39, 0.29) is 0 Å². The largest absolute Gasteiger partial charge is 0.291 e.